The minimum absolute atomic E-state index is 0.504. The van der Waals surface area contributed by atoms with Crippen LogP contribution in [0.1, 0.15) is 12.8 Å². The van der Waals surface area contributed by atoms with E-state index in [4.69, 9.17) is 0 Å². The zero-order valence-electron chi connectivity index (χ0n) is 14.6. The molecule has 0 atom stereocenters. The van der Waals surface area contributed by atoms with Crippen molar-refractivity contribution in [2.24, 2.45) is 4.99 Å². The van der Waals surface area contributed by atoms with E-state index in [1.54, 1.807) is 0 Å². The summed E-state index contributed by atoms with van der Waals surface area (Å²) in [5.41, 5.74) is 0. The van der Waals surface area contributed by atoms with Crippen LogP contribution in [0.2, 0.25) is 0 Å². The summed E-state index contributed by atoms with van der Waals surface area (Å²) >= 11 is 3.69. The Morgan fingerprint density at radius 2 is 2.00 bits per heavy atom. The minimum Gasteiger partial charge on any atom is -0.363 e. The molecule has 0 aliphatic carbocycles. The SMILES string of the molecule is CN=C(NCCSc1ccccc1)NC1CCN(c2cccs2)CC1. The third-order valence-corrected chi connectivity index (χ3v) is 6.23. The maximum atomic E-state index is 4.37. The summed E-state index contributed by atoms with van der Waals surface area (Å²) < 4.78 is 0. The minimum atomic E-state index is 0.504. The molecule has 2 aromatic rings. The lowest BCUT2D eigenvalue weighted by molar-refractivity contribution is 0.463. The molecule has 1 aliphatic rings. The lowest BCUT2D eigenvalue weighted by Crippen LogP contribution is -2.49. The van der Waals surface area contributed by atoms with Gasteiger partial charge in [0.15, 0.2) is 5.96 Å². The van der Waals surface area contributed by atoms with Crippen LogP contribution in [0.15, 0.2) is 57.7 Å². The summed E-state index contributed by atoms with van der Waals surface area (Å²) in [6.07, 6.45) is 2.30. The molecular weight excluding hydrogens is 348 g/mol. The van der Waals surface area contributed by atoms with Crippen molar-refractivity contribution in [2.45, 2.75) is 23.8 Å². The molecule has 134 valence electrons. The fourth-order valence-corrected chi connectivity index (χ4v) is 4.51. The Morgan fingerprint density at radius 3 is 2.68 bits per heavy atom. The van der Waals surface area contributed by atoms with Crippen LogP contribution in [0.3, 0.4) is 0 Å². The van der Waals surface area contributed by atoms with Crippen molar-refractivity contribution in [3.63, 3.8) is 0 Å². The predicted octanol–water partition coefficient (Wildman–Crippen LogP) is 3.67. The Kier molecular flexibility index (Phi) is 7.06. The lowest BCUT2D eigenvalue weighted by Gasteiger charge is -2.33. The molecule has 4 nitrogen and oxygen atoms in total. The highest BCUT2D eigenvalue weighted by Gasteiger charge is 2.20. The number of benzene rings is 1. The van der Waals surface area contributed by atoms with Gasteiger partial charge in [-0.3, -0.25) is 4.99 Å². The van der Waals surface area contributed by atoms with Crippen molar-refractivity contribution in [3.05, 3.63) is 47.8 Å². The van der Waals surface area contributed by atoms with Gasteiger partial charge in [0.2, 0.25) is 0 Å². The summed E-state index contributed by atoms with van der Waals surface area (Å²) in [6.45, 7) is 3.13. The first kappa shape index (κ1) is 18.1. The summed E-state index contributed by atoms with van der Waals surface area (Å²) in [5.74, 6) is 1.95. The fourth-order valence-electron chi connectivity index (χ4n) is 2.94. The molecule has 1 aliphatic heterocycles. The second-order valence-electron chi connectivity index (χ2n) is 6.02. The second kappa shape index (κ2) is 9.73. The molecule has 3 rings (SSSR count). The van der Waals surface area contributed by atoms with Gasteiger partial charge >= 0.3 is 0 Å². The van der Waals surface area contributed by atoms with Crippen LogP contribution in [-0.2, 0) is 0 Å². The van der Waals surface area contributed by atoms with Gasteiger partial charge in [-0.15, -0.1) is 23.1 Å². The molecule has 1 saturated heterocycles. The predicted molar refractivity (Wildman–Crippen MR) is 111 cm³/mol. The van der Waals surface area contributed by atoms with Crippen molar-refractivity contribution >= 4 is 34.1 Å². The first-order chi connectivity index (χ1) is 12.3. The van der Waals surface area contributed by atoms with Gasteiger partial charge in [-0.05, 0) is 42.5 Å². The van der Waals surface area contributed by atoms with Crippen LogP contribution in [0, 0.1) is 0 Å². The number of aliphatic imine (C=N–C) groups is 1. The molecule has 25 heavy (non-hydrogen) atoms. The number of nitrogens with zero attached hydrogens (tertiary/aromatic N) is 2. The summed E-state index contributed by atoms with van der Waals surface area (Å²) in [4.78, 5) is 8.16. The Labute approximate surface area is 158 Å². The van der Waals surface area contributed by atoms with Crippen LogP contribution in [0.5, 0.6) is 0 Å². The summed E-state index contributed by atoms with van der Waals surface area (Å²) in [7, 11) is 1.85. The quantitative estimate of drug-likeness (QED) is 0.350. The van der Waals surface area contributed by atoms with Crippen molar-refractivity contribution < 1.29 is 0 Å². The van der Waals surface area contributed by atoms with Crippen molar-refractivity contribution in [3.8, 4) is 0 Å². The van der Waals surface area contributed by atoms with Crippen molar-refractivity contribution in [1.82, 2.24) is 10.6 Å². The highest BCUT2D eigenvalue weighted by Crippen LogP contribution is 2.24. The number of piperidine rings is 1. The number of thioether (sulfide) groups is 1. The van der Waals surface area contributed by atoms with Crippen LogP contribution >= 0.6 is 23.1 Å². The first-order valence-electron chi connectivity index (χ1n) is 8.78. The third-order valence-electron chi connectivity index (χ3n) is 4.28. The number of rotatable bonds is 6. The molecular formula is C19H26N4S2. The number of anilines is 1. The molecule has 1 aromatic carbocycles. The van der Waals surface area contributed by atoms with E-state index in [9.17, 15) is 0 Å². The van der Waals surface area contributed by atoms with E-state index >= 15 is 0 Å². The van der Waals surface area contributed by atoms with E-state index in [0.29, 0.717) is 6.04 Å². The van der Waals surface area contributed by atoms with Gasteiger partial charge in [-0.2, -0.15) is 0 Å². The lowest BCUT2D eigenvalue weighted by atomic mass is 10.1. The van der Waals surface area contributed by atoms with E-state index < -0.39 is 0 Å². The highest BCUT2D eigenvalue weighted by molar-refractivity contribution is 7.99. The molecule has 2 heterocycles. The van der Waals surface area contributed by atoms with Crippen LogP contribution in [0.25, 0.3) is 0 Å². The van der Waals surface area contributed by atoms with Crippen molar-refractivity contribution in [2.75, 3.05) is 37.3 Å². The zero-order chi connectivity index (χ0) is 17.3. The van der Waals surface area contributed by atoms with E-state index in [-0.39, 0.29) is 0 Å². The molecule has 0 saturated carbocycles. The second-order valence-corrected chi connectivity index (χ2v) is 8.11. The first-order valence-corrected chi connectivity index (χ1v) is 10.6. The van der Waals surface area contributed by atoms with E-state index in [1.165, 1.54) is 9.90 Å². The molecule has 0 spiro atoms. The van der Waals surface area contributed by atoms with Gasteiger partial charge < -0.3 is 15.5 Å². The standard InChI is InChI=1S/C19H26N4S2/c1-20-19(21-11-15-24-17-6-3-2-4-7-17)22-16-9-12-23(13-10-16)18-8-5-14-25-18/h2-8,14,16H,9-13,15H2,1H3,(H2,20,21,22). The smallest absolute Gasteiger partial charge is 0.191 e. The van der Waals surface area contributed by atoms with Gasteiger partial charge in [-0.25, -0.2) is 0 Å². The molecule has 1 aromatic heterocycles. The maximum Gasteiger partial charge on any atom is 0.191 e. The van der Waals surface area contributed by atoms with Crippen LogP contribution in [0.4, 0.5) is 5.00 Å². The Balaban J connectivity index is 1.35. The van der Waals surface area contributed by atoms with Gasteiger partial charge in [0.1, 0.15) is 0 Å². The Bertz CT molecular complexity index is 635. The third kappa shape index (κ3) is 5.68. The number of hydrogen-bond acceptors (Lipinski definition) is 4. The Hall–Kier alpha value is -1.66. The molecule has 0 unspecified atom stereocenters. The maximum absolute atomic E-state index is 4.37. The fraction of sp³-hybridized carbons (Fsp3) is 0.421. The van der Waals surface area contributed by atoms with Gasteiger partial charge in [-0.1, -0.05) is 18.2 Å². The summed E-state index contributed by atoms with van der Waals surface area (Å²) in [5, 5.41) is 10.5. The van der Waals surface area contributed by atoms with E-state index in [1.807, 2.05) is 30.1 Å². The van der Waals surface area contributed by atoms with E-state index in [2.05, 4.69) is 68.4 Å². The normalized spacial score (nSPS) is 16.0. The van der Waals surface area contributed by atoms with Crippen LogP contribution < -0.4 is 15.5 Å². The monoisotopic (exact) mass is 374 g/mol. The molecule has 1 fully saturated rings. The van der Waals surface area contributed by atoms with Crippen molar-refractivity contribution in [1.29, 1.82) is 0 Å². The number of thiophene rings is 1. The van der Waals surface area contributed by atoms with Gasteiger partial charge in [0.25, 0.3) is 0 Å². The molecule has 0 radical (unpaired) electrons. The number of hydrogen-bond donors (Lipinski definition) is 2. The zero-order valence-corrected chi connectivity index (χ0v) is 16.3. The average Bonchev–Trinajstić information content (AvgIpc) is 3.20. The van der Waals surface area contributed by atoms with Crippen LogP contribution in [-0.4, -0.2) is 44.4 Å². The number of guanidine groups is 1. The number of nitrogens with one attached hydrogen (secondary N) is 2. The molecule has 6 heteroatoms. The Morgan fingerprint density at radius 1 is 1.20 bits per heavy atom. The largest absolute Gasteiger partial charge is 0.363 e. The molecule has 0 amide bonds. The average molecular weight is 375 g/mol. The van der Waals surface area contributed by atoms with Gasteiger partial charge in [0.05, 0.1) is 5.00 Å². The topological polar surface area (TPSA) is 39.7 Å². The molecule has 2 N–H and O–H groups in total. The summed E-state index contributed by atoms with van der Waals surface area (Å²) in [6, 6.07) is 15.4. The highest BCUT2D eigenvalue weighted by atomic mass is 32.2. The molecule has 0 bridgehead atoms. The van der Waals surface area contributed by atoms with E-state index in [0.717, 1.165) is 44.2 Å². The van der Waals surface area contributed by atoms with Gasteiger partial charge in [0, 0.05) is 43.4 Å².